The van der Waals surface area contributed by atoms with Crippen LogP contribution in [0.3, 0.4) is 0 Å². The summed E-state index contributed by atoms with van der Waals surface area (Å²) < 4.78 is 5.18. The number of aromatic nitrogens is 2. The number of hydrogen-bond acceptors (Lipinski definition) is 4. The van der Waals surface area contributed by atoms with E-state index in [1.54, 1.807) is 13.0 Å². The quantitative estimate of drug-likeness (QED) is 0.729. The number of nitrogens with one attached hydrogen (secondary N) is 2. The monoisotopic (exact) mass is 267 g/mol. The second kappa shape index (κ2) is 5.40. The van der Waals surface area contributed by atoms with Crippen molar-refractivity contribution in [2.75, 3.05) is 19.8 Å². The van der Waals surface area contributed by atoms with Gasteiger partial charge in [-0.3, -0.25) is 14.7 Å². The molecule has 0 aromatic carbocycles. The van der Waals surface area contributed by atoms with E-state index in [0.29, 0.717) is 26.1 Å². The smallest absolute Gasteiger partial charge is 0.311 e. The number of H-pyrrole nitrogens is 1. The van der Waals surface area contributed by atoms with Crippen LogP contribution in [0.15, 0.2) is 6.07 Å². The molecule has 1 aromatic heterocycles. The van der Waals surface area contributed by atoms with Crippen molar-refractivity contribution >= 4 is 11.9 Å². The standard InChI is InChI=1S/C12H17N3O4/c1-8-6-9(15-14-8)10(16)13-7-12(11(17)18)2-4-19-5-3-12/h6H,2-5,7H2,1H3,(H,13,16)(H,14,15)(H,17,18). The summed E-state index contributed by atoms with van der Waals surface area (Å²) in [6.07, 6.45) is 0.810. The maximum absolute atomic E-state index is 11.8. The summed E-state index contributed by atoms with van der Waals surface area (Å²) in [5.41, 5.74) is 0.119. The van der Waals surface area contributed by atoms with E-state index < -0.39 is 11.4 Å². The molecule has 1 fully saturated rings. The van der Waals surface area contributed by atoms with Crippen molar-refractivity contribution in [2.24, 2.45) is 5.41 Å². The molecule has 0 aliphatic carbocycles. The molecular weight excluding hydrogens is 250 g/mol. The molecule has 0 unspecified atom stereocenters. The van der Waals surface area contributed by atoms with Crippen molar-refractivity contribution in [3.05, 3.63) is 17.5 Å². The number of carboxylic acids is 1. The maximum atomic E-state index is 11.8. The number of ether oxygens (including phenoxy) is 1. The number of hydrogen-bond donors (Lipinski definition) is 3. The largest absolute Gasteiger partial charge is 0.481 e. The van der Waals surface area contributed by atoms with Crippen LogP contribution in [0.5, 0.6) is 0 Å². The van der Waals surface area contributed by atoms with Crippen LogP contribution in [0.2, 0.25) is 0 Å². The van der Waals surface area contributed by atoms with Crippen LogP contribution in [-0.4, -0.2) is 46.9 Å². The van der Waals surface area contributed by atoms with Crippen LogP contribution >= 0.6 is 0 Å². The van der Waals surface area contributed by atoms with Gasteiger partial charge in [-0.15, -0.1) is 0 Å². The fraction of sp³-hybridized carbons (Fsp3) is 0.583. The second-order valence-electron chi connectivity index (χ2n) is 4.82. The zero-order valence-corrected chi connectivity index (χ0v) is 10.7. The number of aromatic amines is 1. The summed E-state index contributed by atoms with van der Waals surface area (Å²) >= 11 is 0. The summed E-state index contributed by atoms with van der Waals surface area (Å²) in [6.45, 7) is 2.70. The lowest BCUT2D eigenvalue weighted by atomic mass is 9.80. The molecule has 19 heavy (non-hydrogen) atoms. The lowest BCUT2D eigenvalue weighted by molar-refractivity contribution is -0.154. The van der Waals surface area contributed by atoms with E-state index in [-0.39, 0.29) is 18.1 Å². The number of carbonyl (C=O) groups is 2. The minimum absolute atomic E-state index is 0.0937. The van der Waals surface area contributed by atoms with Crippen LogP contribution in [0, 0.1) is 12.3 Å². The topological polar surface area (TPSA) is 104 Å². The molecule has 2 rings (SSSR count). The van der Waals surface area contributed by atoms with Crippen LogP contribution in [0.1, 0.15) is 29.0 Å². The van der Waals surface area contributed by atoms with Crippen molar-refractivity contribution < 1.29 is 19.4 Å². The number of aryl methyl sites for hydroxylation is 1. The first-order valence-corrected chi connectivity index (χ1v) is 6.15. The van der Waals surface area contributed by atoms with Gasteiger partial charge in [-0.2, -0.15) is 5.10 Å². The van der Waals surface area contributed by atoms with Gasteiger partial charge in [0.05, 0.1) is 5.41 Å². The van der Waals surface area contributed by atoms with Crippen molar-refractivity contribution in [3.63, 3.8) is 0 Å². The predicted octanol–water partition coefficient (Wildman–Crippen LogP) is 0.329. The molecule has 0 radical (unpaired) electrons. The van der Waals surface area contributed by atoms with Crippen molar-refractivity contribution in [1.29, 1.82) is 0 Å². The highest BCUT2D eigenvalue weighted by Crippen LogP contribution is 2.30. The minimum atomic E-state index is -0.931. The third kappa shape index (κ3) is 2.93. The molecule has 1 amide bonds. The molecule has 1 aliphatic rings. The Kier molecular flexibility index (Phi) is 3.84. The first-order chi connectivity index (χ1) is 9.03. The van der Waals surface area contributed by atoms with Crippen molar-refractivity contribution in [1.82, 2.24) is 15.5 Å². The number of amides is 1. The Bertz CT molecular complexity index is 477. The fourth-order valence-corrected chi connectivity index (χ4v) is 2.10. The molecule has 0 atom stereocenters. The molecule has 0 saturated carbocycles. The van der Waals surface area contributed by atoms with Gasteiger partial charge in [0.15, 0.2) is 0 Å². The van der Waals surface area contributed by atoms with Crippen LogP contribution in [0.25, 0.3) is 0 Å². The third-order valence-electron chi connectivity index (χ3n) is 3.43. The summed E-state index contributed by atoms with van der Waals surface area (Å²) in [4.78, 5) is 23.2. The highest BCUT2D eigenvalue weighted by molar-refractivity contribution is 5.92. The molecule has 7 heteroatoms. The number of aliphatic carboxylic acids is 1. The van der Waals surface area contributed by atoms with Gasteiger partial charge >= 0.3 is 5.97 Å². The fourth-order valence-electron chi connectivity index (χ4n) is 2.10. The SMILES string of the molecule is Cc1cc(C(=O)NCC2(C(=O)O)CCOCC2)n[nH]1. The Morgan fingerprint density at radius 1 is 1.53 bits per heavy atom. The van der Waals surface area contributed by atoms with Gasteiger partial charge in [0.2, 0.25) is 0 Å². The normalized spacial score (nSPS) is 17.9. The third-order valence-corrected chi connectivity index (χ3v) is 3.43. The molecule has 1 aliphatic heterocycles. The number of carbonyl (C=O) groups excluding carboxylic acids is 1. The Balaban J connectivity index is 1.99. The summed E-state index contributed by atoms with van der Waals surface area (Å²) in [6, 6.07) is 1.62. The summed E-state index contributed by atoms with van der Waals surface area (Å²) in [5.74, 6) is -1.26. The van der Waals surface area contributed by atoms with Crippen LogP contribution in [0.4, 0.5) is 0 Å². The molecule has 2 heterocycles. The number of nitrogens with zero attached hydrogens (tertiary/aromatic N) is 1. The maximum Gasteiger partial charge on any atom is 0.311 e. The lowest BCUT2D eigenvalue weighted by Crippen LogP contribution is -2.46. The molecular formula is C12H17N3O4. The summed E-state index contributed by atoms with van der Waals surface area (Å²) in [5, 5.41) is 18.5. The molecule has 3 N–H and O–H groups in total. The second-order valence-corrected chi connectivity index (χ2v) is 4.82. The molecule has 1 aromatic rings. The van der Waals surface area contributed by atoms with E-state index in [1.165, 1.54) is 0 Å². The van der Waals surface area contributed by atoms with Crippen LogP contribution in [-0.2, 0) is 9.53 Å². The Labute approximate surface area is 110 Å². The highest BCUT2D eigenvalue weighted by atomic mass is 16.5. The van der Waals surface area contributed by atoms with Gasteiger partial charge in [0.1, 0.15) is 5.69 Å². The van der Waals surface area contributed by atoms with Crippen LogP contribution < -0.4 is 5.32 Å². The number of carboxylic acid groups (broad SMARTS) is 1. The van der Waals surface area contributed by atoms with Gasteiger partial charge in [0, 0.05) is 25.5 Å². The van der Waals surface area contributed by atoms with E-state index >= 15 is 0 Å². The average Bonchev–Trinajstić information content (AvgIpc) is 2.83. The predicted molar refractivity (Wildman–Crippen MR) is 65.8 cm³/mol. The molecule has 0 spiro atoms. The first kappa shape index (κ1) is 13.5. The molecule has 104 valence electrons. The van der Waals surface area contributed by atoms with Gasteiger partial charge in [0.25, 0.3) is 5.91 Å². The average molecular weight is 267 g/mol. The zero-order valence-electron chi connectivity index (χ0n) is 10.7. The molecule has 7 nitrogen and oxygen atoms in total. The van der Waals surface area contributed by atoms with Gasteiger partial charge in [-0.25, -0.2) is 0 Å². The van der Waals surface area contributed by atoms with E-state index in [1.807, 2.05) is 0 Å². The lowest BCUT2D eigenvalue weighted by Gasteiger charge is -2.32. The Morgan fingerprint density at radius 2 is 2.21 bits per heavy atom. The van der Waals surface area contributed by atoms with E-state index in [2.05, 4.69) is 15.5 Å². The summed E-state index contributed by atoms with van der Waals surface area (Å²) in [7, 11) is 0. The molecule has 0 bridgehead atoms. The minimum Gasteiger partial charge on any atom is -0.481 e. The van der Waals surface area contributed by atoms with Gasteiger partial charge < -0.3 is 15.2 Å². The van der Waals surface area contributed by atoms with E-state index in [9.17, 15) is 14.7 Å². The first-order valence-electron chi connectivity index (χ1n) is 6.15. The van der Waals surface area contributed by atoms with Crippen molar-refractivity contribution in [2.45, 2.75) is 19.8 Å². The highest BCUT2D eigenvalue weighted by Gasteiger charge is 2.40. The molecule has 1 saturated heterocycles. The van der Waals surface area contributed by atoms with Gasteiger partial charge in [-0.05, 0) is 25.8 Å². The Morgan fingerprint density at radius 3 is 2.74 bits per heavy atom. The van der Waals surface area contributed by atoms with E-state index in [4.69, 9.17) is 4.74 Å². The van der Waals surface area contributed by atoms with Gasteiger partial charge in [-0.1, -0.05) is 0 Å². The zero-order chi connectivity index (χ0) is 13.9. The van der Waals surface area contributed by atoms with Crippen molar-refractivity contribution in [3.8, 4) is 0 Å². The van der Waals surface area contributed by atoms with E-state index in [0.717, 1.165) is 5.69 Å². The number of rotatable bonds is 4. The Hall–Kier alpha value is -1.89.